The van der Waals surface area contributed by atoms with Crippen molar-refractivity contribution in [3.63, 3.8) is 0 Å². The third-order valence-corrected chi connectivity index (χ3v) is 6.47. The van der Waals surface area contributed by atoms with E-state index in [0.717, 1.165) is 33.3 Å². The van der Waals surface area contributed by atoms with Crippen molar-refractivity contribution in [1.29, 1.82) is 0 Å². The van der Waals surface area contributed by atoms with E-state index in [2.05, 4.69) is 22.1 Å². The average molecular weight is 445 g/mol. The molecule has 2 aromatic heterocycles. The molecule has 0 bridgehead atoms. The van der Waals surface area contributed by atoms with Crippen molar-refractivity contribution in [1.82, 2.24) is 19.4 Å². The first kappa shape index (κ1) is 20.9. The molecule has 1 amide bonds. The van der Waals surface area contributed by atoms with E-state index in [1.807, 2.05) is 18.2 Å². The van der Waals surface area contributed by atoms with Gasteiger partial charge in [0.2, 0.25) is 5.91 Å². The zero-order valence-electron chi connectivity index (χ0n) is 16.8. The smallest absolute Gasteiger partial charge is 0.225 e. The molecule has 1 unspecified atom stereocenters. The third-order valence-electron chi connectivity index (χ3n) is 5.18. The number of pyridine rings is 1. The summed E-state index contributed by atoms with van der Waals surface area (Å²) in [5.41, 5.74) is 2.90. The fraction of sp³-hybridized carbons (Fsp3) is 0.318. The van der Waals surface area contributed by atoms with Crippen molar-refractivity contribution < 1.29 is 9.18 Å². The summed E-state index contributed by atoms with van der Waals surface area (Å²) >= 11 is 7.37. The van der Waals surface area contributed by atoms with Gasteiger partial charge >= 0.3 is 0 Å². The highest BCUT2D eigenvalue weighted by molar-refractivity contribution is 7.99. The molecule has 0 radical (unpaired) electrons. The summed E-state index contributed by atoms with van der Waals surface area (Å²) in [5, 5.41) is 2.17. The highest BCUT2D eigenvalue weighted by Crippen LogP contribution is 2.48. The van der Waals surface area contributed by atoms with E-state index in [-0.39, 0.29) is 24.3 Å². The average Bonchev–Trinajstić information content (AvgIpc) is 3.45. The lowest BCUT2D eigenvalue weighted by Gasteiger charge is -2.10. The number of rotatable bonds is 7. The number of hydrogen-bond donors (Lipinski definition) is 0. The maximum atomic E-state index is 13.0. The minimum absolute atomic E-state index is 0.0803. The molecule has 1 aliphatic rings. The van der Waals surface area contributed by atoms with Crippen LogP contribution in [0.3, 0.4) is 0 Å². The summed E-state index contributed by atoms with van der Waals surface area (Å²) in [6.45, 7) is -0.239. The molecule has 5 nitrogen and oxygen atoms in total. The molecule has 0 saturated heterocycles. The van der Waals surface area contributed by atoms with Gasteiger partial charge in [0.1, 0.15) is 22.4 Å². The number of halogens is 2. The van der Waals surface area contributed by atoms with Crippen LogP contribution in [0.1, 0.15) is 17.9 Å². The van der Waals surface area contributed by atoms with Gasteiger partial charge in [-0.05, 0) is 41.8 Å². The normalized spacial score (nSPS) is 17.7. The largest absolute Gasteiger partial charge is 0.349 e. The number of hydrogen-bond acceptors (Lipinski definition) is 4. The Balaban J connectivity index is 1.58. The van der Waals surface area contributed by atoms with Gasteiger partial charge in [0.15, 0.2) is 0 Å². The van der Waals surface area contributed by atoms with Gasteiger partial charge in [-0.25, -0.2) is 14.4 Å². The molecule has 2 heterocycles. The summed E-state index contributed by atoms with van der Waals surface area (Å²) in [6, 6.07) is 11.8. The minimum atomic E-state index is -0.473. The van der Waals surface area contributed by atoms with E-state index in [4.69, 9.17) is 11.6 Å². The number of carbonyl (C=O) groups is 1. The van der Waals surface area contributed by atoms with E-state index >= 15 is 0 Å². The molecule has 3 aromatic rings. The van der Waals surface area contributed by atoms with Crippen molar-refractivity contribution in [3.05, 3.63) is 59.5 Å². The molecule has 0 spiro atoms. The third kappa shape index (κ3) is 4.37. The van der Waals surface area contributed by atoms with Crippen LogP contribution in [0.4, 0.5) is 4.39 Å². The first-order chi connectivity index (χ1) is 14.5. The lowest BCUT2D eigenvalue weighted by atomic mass is 10.0. The van der Waals surface area contributed by atoms with Gasteiger partial charge in [-0.3, -0.25) is 4.79 Å². The van der Waals surface area contributed by atoms with E-state index in [9.17, 15) is 9.18 Å². The Kier molecular flexibility index (Phi) is 6.11. The Labute approximate surface area is 184 Å². The second kappa shape index (κ2) is 8.78. The standard InChI is InChI=1S/C22H22ClFN4OS/c1-27(2)21(29)18-11-17(18)14-3-5-15(6-4-14)20-22(28(10-9-24)13-26-20)30-19-8-7-16(23)12-25-19/h3-8,12-13,17-18H,9-11H2,1-2H3/t17-,18?/m0/s1. The van der Waals surface area contributed by atoms with Crippen molar-refractivity contribution in [2.45, 2.75) is 28.9 Å². The van der Waals surface area contributed by atoms with Crippen LogP contribution in [-0.4, -0.2) is 46.1 Å². The van der Waals surface area contributed by atoms with E-state index in [0.29, 0.717) is 5.02 Å². The Hall–Kier alpha value is -2.38. The lowest BCUT2D eigenvalue weighted by molar-refractivity contribution is -0.130. The van der Waals surface area contributed by atoms with Crippen LogP contribution in [-0.2, 0) is 11.3 Å². The lowest BCUT2D eigenvalue weighted by Crippen LogP contribution is -2.23. The molecule has 0 aliphatic heterocycles. The number of amides is 1. The van der Waals surface area contributed by atoms with E-state index < -0.39 is 6.67 Å². The summed E-state index contributed by atoms with van der Waals surface area (Å²) in [5.74, 6) is 0.546. The Morgan fingerprint density at radius 3 is 2.63 bits per heavy atom. The van der Waals surface area contributed by atoms with E-state index in [1.54, 1.807) is 42.2 Å². The molecule has 156 valence electrons. The summed E-state index contributed by atoms with van der Waals surface area (Å²) in [4.78, 5) is 22.7. The highest BCUT2D eigenvalue weighted by atomic mass is 35.5. The summed E-state index contributed by atoms with van der Waals surface area (Å²) in [6.07, 6.45) is 4.15. The molecule has 2 atom stereocenters. The molecule has 8 heteroatoms. The molecule has 1 saturated carbocycles. The molecular formula is C22H22ClFN4OS. The number of nitrogens with zero attached hydrogens (tertiary/aromatic N) is 4. The number of alkyl halides is 1. The first-order valence-corrected chi connectivity index (χ1v) is 10.9. The van der Waals surface area contributed by atoms with Crippen LogP contribution in [0.25, 0.3) is 11.3 Å². The predicted octanol–water partition coefficient (Wildman–Crippen LogP) is 4.91. The maximum Gasteiger partial charge on any atom is 0.225 e. The van der Waals surface area contributed by atoms with Crippen molar-refractivity contribution >= 4 is 29.3 Å². The van der Waals surface area contributed by atoms with Crippen LogP contribution < -0.4 is 0 Å². The number of benzene rings is 1. The van der Waals surface area contributed by atoms with Crippen molar-refractivity contribution in [3.8, 4) is 11.3 Å². The Morgan fingerprint density at radius 2 is 2.00 bits per heavy atom. The minimum Gasteiger partial charge on any atom is -0.349 e. The Bertz CT molecular complexity index is 1040. The molecular weight excluding hydrogens is 423 g/mol. The van der Waals surface area contributed by atoms with Crippen LogP contribution in [0.5, 0.6) is 0 Å². The van der Waals surface area contributed by atoms with Crippen LogP contribution in [0.2, 0.25) is 5.02 Å². The SMILES string of the molecule is CN(C)C(=O)C1C[C@H]1c1ccc(-c2ncn(CCF)c2Sc2ccc(Cl)cn2)cc1. The molecule has 1 fully saturated rings. The van der Waals surface area contributed by atoms with Crippen molar-refractivity contribution in [2.24, 2.45) is 5.92 Å². The molecule has 1 aromatic carbocycles. The van der Waals surface area contributed by atoms with Gasteiger partial charge in [0.05, 0.1) is 17.9 Å². The van der Waals surface area contributed by atoms with Crippen LogP contribution in [0, 0.1) is 5.92 Å². The van der Waals surface area contributed by atoms with Gasteiger partial charge in [0, 0.05) is 31.8 Å². The zero-order valence-corrected chi connectivity index (χ0v) is 18.3. The fourth-order valence-corrected chi connectivity index (χ4v) is 4.58. The number of carbonyl (C=O) groups excluding carboxylic acids is 1. The molecule has 0 N–H and O–H groups in total. The van der Waals surface area contributed by atoms with E-state index in [1.165, 1.54) is 11.8 Å². The molecule has 1 aliphatic carbocycles. The van der Waals surface area contributed by atoms with Gasteiger partial charge in [-0.2, -0.15) is 0 Å². The monoisotopic (exact) mass is 444 g/mol. The topological polar surface area (TPSA) is 51.0 Å². The second-order valence-corrected chi connectivity index (χ2v) is 8.95. The second-order valence-electron chi connectivity index (χ2n) is 7.50. The van der Waals surface area contributed by atoms with Crippen molar-refractivity contribution in [2.75, 3.05) is 20.8 Å². The highest BCUT2D eigenvalue weighted by Gasteiger charge is 2.44. The number of aryl methyl sites for hydroxylation is 1. The fourth-order valence-electron chi connectivity index (χ4n) is 3.50. The first-order valence-electron chi connectivity index (χ1n) is 9.70. The Morgan fingerprint density at radius 1 is 1.23 bits per heavy atom. The van der Waals surface area contributed by atoms with Gasteiger partial charge < -0.3 is 9.47 Å². The predicted molar refractivity (Wildman–Crippen MR) is 117 cm³/mol. The maximum absolute atomic E-state index is 13.0. The van der Waals surface area contributed by atoms with Crippen LogP contribution >= 0.6 is 23.4 Å². The molecule has 4 rings (SSSR count). The number of aromatic nitrogens is 3. The molecule has 30 heavy (non-hydrogen) atoms. The summed E-state index contributed by atoms with van der Waals surface area (Å²) < 4.78 is 14.9. The van der Waals surface area contributed by atoms with Gasteiger partial charge in [-0.1, -0.05) is 35.9 Å². The van der Waals surface area contributed by atoms with Gasteiger partial charge in [-0.15, -0.1) is 0 Å². The van der Waals surface area contributed by atoms with Gasteiger partial charge in [0.25, 0.3) is 0 Å². The number of imidazole rings is 1. The quantitative estimate of drug-likeness (QED) is 0.519. The summed E-state index contributed by atoms with van der Waals surface area (Å²) in [7, 11) is 3.59. The zero-order chi connectivity index (χ0) is 21.3. The van der Waals surface area contributed by atoms with Crippen LogP contribution in [0.15, 0.2) is 59.0 Å².